The van der Waals surface area contributed by atoms with Gasteiger partial charge >= 0.3 is 19.7 Å². The van der Waals surface area contributed by atoms with Gasteiger partial charge in [-0.15, -0.1) is 0 Å². The summed E-state index contributed by atoms with van der Waals surface area (Å²) >= 11 is 0. The Kier molecular flexibility index (Phi) is 5.06. The van der Waals surface area contributed by atoms with E-state index in [1.54, 1.807) is 0 Å². The lowest BCUT2D eigenvalue weighted by atomic mass is 10.4. The Balaban J connectivity index is 5.77. The van der Waals surface area contributed by atoms with Crippen LogP contribution >= 0.6 is 0 Å². The van der Waals surface area contributed by atoms with Crippen molar-refractivity contribution in [1.29, 1.82) is 0 Å². The van der Waals surface area contributed by atoms with E-state index in [4.69, 9.17) is 0 Å². The summed E-state index contributed by atoms with van der Waals surface area (Å²) in [6.07, 6.45) is -5.89. The van der Waals surface area contributed by atoms with Crippen molar-refractivity contribution >= 4 is 8.56 Å². The van der Waals surface area contributed by atoms with Crippen LogP contribution < -0.4 is 0 Å². The van der Waals surface area contributed by atoms with Crippen molar-refractivity contribution in [3.8, 4) is 0 Å². The minimum Gasteiger partial charge on any atom is -0.391 e. The summed E-state index contributed by atoms with van der Waals surface area (Å²) in [6, 6.07) is 0. The molecule has 0 aromatic heterocycles. The third-order valence-corrected chi connectivity index (χ3v) is 6.15. The molecule has 0 rings (SSSR count). The van der Waals surface area contributed by atoms with Crippen LogP contribution in [0.4, 0.5) is 26.3 Å². The molecule has 17 heavy (non-hydrogen) atoms. The van der Waals surface area contributed by atoms with E-state index in [9.17, 15) is 26.3 Å². The molecule has 0 aliphatic rings. The SMILES string of the molecule is CO[Si](OC)(C(F)(F)C(C)F)C(F)(F)C(C)F. The Labute approximate surface area is 96.1 Å². The molecular weight excluding hydrogens is 270 g/mol. The lowest BCUT2D eigenvalue weighted by Gasteiger charge is -2.40. The van der Waals surface area contributed by atoms with Crippen LogP contribution in [0.2, 0.25) is 0 Å². The zero-order chi connectivity index (χ0) is 14.1. The Morgan fingerprint density at radius 2 is 1.06 bits per heavy atom. The highest BCUT2D eigenvalue weighted by Gasteiger charge is 2.79. The molecule has 2 unspecified atom stereocenters. The number of hydrogen-bond acceptors (Lipinski definition) is 2. The summed E-state index contributed by atoms with van der Waals surface area (Å²) in [5, 5.41) is 0. The van der Waals surface area contributed by atoms with Gasteiger partial charge in [-0.05, 0) is 13.8 Å². The molecule has 0 fully saturated rings. The van der Waals surface area contributed by atoms with Crippen molar-refractivity contribution < 1.29 is 35.2 Å². The second kappa shape index (κ2) is 5.15. The molecule has 0 amide bonds. The molecular formula is C8H14F6O2Si. The third kappa shape index (κ3) is 2.32. The van der Waals surface area contributed by atoms with E-state index in [-0.39, 0.29) is 0 Å². The van der Waals surface area contributed by atoms with Crippen LogP contribution in [0.25, 0.3) is 0 Å². The molecule has 0 bridgehead atoms. The molecule has 0 saturated heterocycles. The molecule has 0 heterocycles. The van der Waals surface area contributed by atoms with Gasteiger partial charge in [0, 0.05) is 14.2 Å². The first-order chi connectivity index (χ1) is 7.51. The number of halogens is 6. The number of rotatable bonds is 6. The molecule has 0 aromatic carbocycles. The fourth-order valence-corrected chi connectivity index (χ4v) is 4.12. The first-order valence-electron chi connectivity index (χ1n) is 4.65. The molecule has 0 spiro atoms. The van der Waals surface area contributed by atoms with E-state index in [0.717, 1.165) is 0 Å². The lowest BCUT2D eigenvalue weighted by Crippen LogP contribution is -2.73. The Hall–Kier alpha value is -0.283. The highest BCUT2D eigenvalue weighted by molar-refractivity contribution is 6.72. The zero-order valence-corrected chi connectivity index (χ0v) is 10.7. The average molecular weight is 284 g/mol. The van der Waals surface area contributed by atoms with Crippen LogP contribution in [-0.2, 0) is 8.85 Å². The minimum absolute atomic E-state index is 0.388. The molecule has 2 nitrogen and oxygen atoms in total. The summed E-state index contributed by atoms with van der Waals surface area (Å²) in [5.41, 5.74) is -9.17. The molecule has 0 aliphatic carbocycles. The lowest BCUT2D eigenvalue weighted by molar-refractivity contribution is -0.104. The van der Waals surface area contributed by atoms with Gasteiger partial charge in [-0.3, -0.25) is 0 Å². The molecule has 104 valence electrons. The van der Waals surface area contributed by atoms with Crippen LogP contribution in [0.15, 0.2) is 0 Å². The van der Waals surface area contributed by atoms with E-state index in [1.807, 2.05) is 0 Å². The van der Waals surface area contributed by atoms with Gasteiger partial charge in [-0.1, -0.05) is 0 Å². The van der Waals surface area contributed by atoms with Crippen molar-refractivity contribution in [3.63, 3.8) is 0 Å². The van der Waals surface area contributed by atoms with Gasteiger partial charge in [0.15, 0.2) is 12.3 Å². The normalized spacial score (nSPS) is 18.0. The maximum Gasteiger partial charge on any atom is 0.493 e. The Morgan fingerprint density at radius 3 is 1.18 bits per heavy atom. The second-order valence-corrected chi connectivity index (χ2v) is 6.89. The molecule has 0 aromatic rings. The van der Waals surface area contributed by atoms with Crippen LogP contribution in [0.5, 0.6) is 0 Å². The average Bonchev–Trinajstić information content (AvgIpc) is 2.18. The van der Waals surface area contributed by atoms with Crippen LogP contribution in [-0.4, -0.2) is 46.2 Å². The van der Waals surface area contributed by atoms with Crippen LogP contribution in [0.3, 0.4) is 0 Å². The first-order valence-corrected chi connectivity index (χ1v) is 6.47. The van der Waals surface area contributed by atoms with Crippen molar-refractivity contribution in [2.45, 2.75) is 37.3 Å². The standard InChI is InChI=1S/C8H14F6O2Si/c1-5(9)7(11,12)17(15-3,16-4)8(13,14)6(2)10/h5-6H,1-4H3. The van der Waals surface area contributed by atoms with Gasteiger partial charge in [0.2, 0.25) is 0 Å². The molecule has 0 saturated carbocycles. The monoisotopic (exact) mass is 284 g/mol. The van der Waals surface area contributed by atoms with E-state index in [0.29, 0.717) is 28.1 Å². The van der Waals surface area contributed by atoms with Gasteiger partial charge in [0.1, 0.15) is 0 Å². The molecule has 0 N–H and O–H groups in total. The largest absolute Gasteiger partial charge is 0.493 e. The Bertz CT molecular complexity index is 232. The summed E-state index contributed by atoms with van der Waals surface area (Å²) in [6.45, 7) is 0.775. The topological polar surface area (TPSA) is 18.5 Å². The van der Waals surface area contributed by atoms with Gasteiger partial charge in [-0.2, -0.15) is 0 Å². The van der Waals surface area contributed by atoms with Crippen LogP contribution in [0.1, 0.15) is 13.8 Å². The predicted octanol–water partition coefficient (Wildman–Crippen LogP) is 2.79. The summed E-state index contributed by atoms with van der Waals surface area (Å²) in [5.74, 6) is 0. The fourth-order valence-electron chi connectivity index (χ4n) is 1.37. The van der Waals surface area contributed by atoms with E-state index >= 15 is 0 Å². The minimum atomic E-state index is -5.74. The maximum absolute atomic E-state index is 13.5. The van der Waals surface area contributed by atoms with Crippen molar-refractivity contribution in [3.05, 3.63) is 0 Å². The van der Waals surface area contributed by atoms with Crippen molar-refractivity contribution in [1.82, 2.24) is 0 Å². The van der Waals surface area contributed by atoms with Crippen molar-refractivity contribution in [2.75, 3.05) is 14.2 Å². The maximum atomic E-state index is 13.5. The Morgan fingerprint density at radius 1 is 0.824 bits per heavy atom. The van der Waals surface area contributed by atoms with Gasteiger partial charge in [-0.25, -0.2) is 26.3 Å². The van der Waals surface area contributed by atoms with Gasteiger partial charge in [0.05, 0.1) is 0 Å². The fraction of sp³-hybridized carbons (Fsp3) is 1.00. The molecule has 2 atom stereocenters. The molecule has 0 aliphatic heterocycles. The second-order valence-electron chi connectivity index (χ2n) is 3.50. The third-order valence-electron chi connectivity index (χ3n) is 2.45. The van der Waals surface area contributed by atoms with E-state index in [2.05, 4.69) is 8.85 Å². The zero-order valence-electron chi connectivity index (χ0n) is 9.74. The highest BCUT2D eigenvalue weighted by atomic mass is 28.4. The summed E-state index contributed by atoms with van der Waals surface area (Å²) < 4.78 is 87.8. The van der Waals surface area contributed by atoms with Crippen LogP contribution in [0, 0.1) is 0 Å². The quantitative estimate of drug-likeness (QED) is 0.551. The van der Waals surface area contributed by atoms with E-state index in [1.165, 1.54) is 0 Å². The predicted molar refractivity (Wildman–Crippen MR) is 50.8 cm³/mol. The number of hydrogen-bond donors (Lipinski definition) is 0. The summed E-state index contributed by atoms with van der Waals surface area (Å²) in [4.78, 5) is 0. The van der Waals surface area contributed by atoms with Crippen molar-refractivity contribution in [2.24, 2.45) is 0 Å². The molecule has 9 heteroatoms. The number of alkyl halides is 6. The first kappa shape index (κ1) is 16.7. The van der Waals surface area contributed by atoms with E-state index < -0.39 is 32.0 Å². The smallest absolute Gasteiger partial charge is 0.391 e. The highest BCUT2D eigenvalue weighted by Crippen LogP contribution is 2.45. The van der Waals surface area contributed by atoms with Gasteiger partial charge < -0.3 is 8.85 Å². The van der Waals surface area contributed by atoms with Gasteiger partial charge in [0.25, 0.3) is 0 Å². The molecule has 0 radical (unpaired) electrons. The summed E-state index contributed by atoms with van der Waals surface area (Å²) in [7, 11) is -4.68.